The number of halogens is 1. The Balaban J connectivity index is 1.50. The molecule has 0 aliphatic carbocycles. The van der Waals surface area contributed by atoms with E-state index in [0.29, 0.717) is 0 Å². The fraction of sp³-hybridized carbons (Fsp3) is 0.333. The summed E-state index contributed by atoms with van der Waals surface area (Å²) >= 11 is 6.94. The molecule has 0 radical (unpaired) electrons. The van der Waals surface area contributed by atoms with E-state index in [1.54, 1.807) is 11.4 Å². The van der Waals surface area contributed by atoms with Crippen LogP contribution in [0.3, 0.4) is 0 Å². The van der Waals surface area contributed by atoms with Crippen LogP contribution in [0.1, 0.15) is 12.8 Å². The van der Waals surface area contributed by atoms with Gasteiger partial charge in [0.2, 0.25) is 0 Å². The number of rotatable bonds is 7. The van der Waals surface area contributed by atoms with Gasteiger partial charge in [0.1, 0.15) is 9.90 Å². The predicted octanol–water partition coefficient (Wildman–Crippen LogP) is 2.89. The number of esters is 1. The lowest BCUT2D eigenvalue weighted by Gasteiger charge is -2.29. The van der Waals surface area contributed by atoms with Crippen LogP contribution in [0.2, 0.25) is 5.02 Å². The third kappa shape index (κ3) is 5.58. The van der Waals surface area contributed by atoms with E-state index in [1.165, 1.54) is 22.5 Å². The standard InChI is InChI=1S/C18H18ClN3O7S2/c19-13-3-4-15(22(25)26)14(10-13)20-16(23)11-29-18(24)12-5-7-21(8-6-12)31(27,28)17-2-1-9-30-17/h1-4,9-10,12H,5-8,11H2,(H,20,23). The van der Waals surface area contributed by atoms with Crippen LogP contribution in [-0.2, 0) is 24.3 Å². The lowest BCUT2D eigenvalue weighted by atomic mass is 9.98. The first-order valence-corrected chi connectivity index (χ1v) is 11.8. The molecule has 13 heteroatoms. The van der Waals surface area contributed by atoms with Crippen molar-refractivity contribution in [1.82, 2.24) is 4.31 Å². The number of hydrogen-bond donors (Lipinski definition) is 1. The molecule has 166 valence electrons. The SMILES string of the molecule is O=C(COC(=O)C1CCN(S(=O)(=O)c2cccs2)CC1)Nc1cc(Cl)ccc1[N+](=O)[O-]. The van der Waals surface area contributed by atoms with Gasteiger partial charge in [-0.1, -0.05) is 17.7 Å². The van der Waals surface area contributed by atoms with Crippen molar-refractivity contribution in [3.8, 4) is 0 Å². The van der Waals surface area contributed by atoms with Gasteiger partial charge in [-0.25, -0.2) is 8.42 Å². The van der Waals surface area contributed by atoms with Gasteiger partial charge in [-0.2, -0.15) is 4.31 Å². The fourth-order valence-electron chi connectivity index (χ4n) is 3.08. The molecule has 0 spiro atoms. The first-order chi connectivity index (χ1) is 14.7. The topological polar surface area (TPSA) is 136 Å². The highest BCUT2D eigenvalue weighted by Crippen LogP contribution is 2.28. The average Bonchev–Trinajstić information content (AvgIpc) is 3.28. The van der Waals surface area contributed by atoms with Crippen LogP contribution < -0.4 is 5.32 Å². The van der Waals surface area contributed by atoms with E-state index in [1.807, 2.05) is 0 Å². The fourth-order valence-corrected chi connectivity index (χ4v) is 5.86. The maximum atomic E-state index is 12.5. The zero-order valence-electron chi connectivity index (χ0n) is 16.0. The molecule has 2 aromatic rings. The van der Waals surface area contributed by atoms with Crippen LogP contribution in [0.15, 0.2) is 39.9 Å². The Hall–Kier alpha value is -2.54. The summed E-state index contributed by atoms with van der Waals surface area (Å²) in [7, 11) is -3.57. The van der Waals surface area contributed by atoms with Gasteiger partial charge in [-0.3, -0.25) is 19.7 Å². The summed E-state index contributed by atoms with van der Waals surface area (Å²) < 4.78 is 31.6. The molecular formula is C18H18ClN3O7S2. The molecule has 1 fully saturated rings. The van der Waals surface area contributed by atoms with Crippen molar-refractivity contribution in [2.75, 3.05) is 25.0 Å². The number of carbonyl (C=O) groups is 2. The molecule has 0 bridgehead atoms. The van der Waals surface area contributed by atoms with Gasteiger partial charge >= 0.3 is 5.97 Å². The number of ether oxygens (including phenoxy) is 1. The van der Waals surface area contributed by atoms with Crippen molar-refractivity contribution in [3.05, 3.63) is 50.8 Å². The van der Waals surface area contributed by atoms with Crippen LogP contribution >= 0.6 is 22.9 Å². The minimum absolute atomic E-state index is 0.106. The highest BCUT2D eigenvalue weighted by atomic mass is 35.5. The Morgan fingerprint density at radius 3 is 2.61 bits per heavy atom. The Morgan fingerprint density at radius 1 is 1.29 bits per heavy atom. The molecule has 1 aliphatic rings. The number of anilines is 1. The molecule has 1 aromatic carbocycles. The number of sulfonamides is 1. The number of thiophene rings is 1. The summed E-state index contributed by atoms with van der Waals surface area (Å²) in [5, 5.41) is 15.2. The van der Waals surface area contributed by atoms with Crippen molar-refractivity contribution >= 4 is 56.2 Å². The van der Waals surface area contributed by atoms with Gasteiger partial charge in [0.05, 0.1) is 10.8 Å². The van der Waals surface area contributed by atoms with E-state index in [-0.39, 0.29) is 46.5 Å². The molecule has 1 aromatic heterocycles. The van der Waals surface area contributed by atoms with Gasteiger partial charge < -0.3 is 10.1 Å². The maximum Gasteiger partial charge on any atom is 0.309 e. The van der Waals surface area contributed by atoms with Crippen molar-refractivity contribution in [3.63, 3.8) is 0 Å². The zero-order valence-corrected chi connectivity index (χ0v) is 18.4. The number of hydrogen-bond acceptors (Lipinski definition) is 8. The van der Waals surface area contributed by atoms with E-state index in [2.05, 4.69) is 5.32 Å². The van der Waals surface area contributed by atoms with Crippen LogP contribution in [0.5, 0.6) is 0 Å². The summed E-state index contributed by atoms with van der Waals surface area (Å²) in [5.74, 6) is -1.91. The maximum absolute atomic E-state index is 12.5. The second kappa shape index (κ2) is 9.73. The van der Waals surface area contributed by atoms with Crippen molar-refractivity contribution in [2.24, 2.45) is 5.92 Å². The summed E-state index contributed by atoms with van der Waals surface area (Å²) in [6.07, 6.45) is 0.537. The van der Waals surface area contributed by atoms with Gasteiger partial charge in [-0.05, 0) is 36.4 Å². The molecule has 10 nitrogen and oxygen atoms in total. The van der Waals surface area contributed by atoms with Crippen molar-refractivity contribution < 1.29 is 27.7 Å². The summed E-state index contributed by atoms with van der Waals surface area (Å²) in [4.78, 5) is 34.7. The quantitative estimate of drug-likeness (QED) is 0.360. The lowest BCUT2D eigenvalue weighted by Crippen LogP contribution is -2.40. The van der Waals surface area contributed by atoms with Crippen molar-refractivity contribution in [2.45, 2.75) is 17.1 Å². The van der Waals surface area contributed by atoms with Crippen LogP contribution in [0.4, 0.5) is 11.4 Å². The Morgan fingerprint density at radius 2 is 2.00 bits per heavy atom. The predicted molar refractivity (Wildman–Crippen MR) is 113 cm³/mol. The number of piperidine rings is 1. The molecule has 1 aliphatic heterocycles. The highest BCUT2D eigenvalue weighted by molar-refractivity contribution is 7.91. The minimum Gasteiger partial charge on any atom is -0.455 e. The molecule has 1 amide bonds. The Kier molecular flexibility index (Phi) is 7.26. The number of nitrogens with zero attached hydrogens (tertiary/aromatic N) is 2. The molecule has 3 rings (SSSR count). The molecule has 0 unspecified atom stereocenters. The first kappa shape index (κ1) is 23.1. The molecule has 0 saturated carbocycles. The molecule has 31 heavy (non-hydrogen) atoms. The third-order valence-corrected chi connectivity index (χ3v) is 8.16. The summed E-state index contributed by atoms with van der Waals surface area (Å²) in [5.41, 5.74) is -0.450. The molecule has 2 heterocycles. The van der Waals surface area contributed by atoms with E-state index < -0.39 is 39.3 Å². The first-order valence-electron chi connectivity index (χ1n) is 9.12. The van der Waals surface area contributed by atoms with Crippen LogP contribution in [0, 0.1) is 16.0 Å². The third-order valence-electron chi connectivity index (χ3n) is 4.65. The van der Waals surface area contributed by atoms with Gasteiger partial charge in [-0.15, -0.1) is 11.3 Å². The molecular weight excluding hydrogens is 470 g/mol. The molecule has 1 saturated heterocycles. The number of nitro groups is 1. The van der Waals surface area contributed by atoms with Gasteiger partial charge in [0.15, 0.2) is 6.61 Å². The summed E-state index contributed by atoms with van der Waals surface area (Å²) in [6.45, 7) is -0.294. The zero-order chi connectivity index (χ0) is 22.6. The van der Waals surface area contributed by atoms with E-state index in [4.69, 9.17) is 16.3 Å². The monoisotopic (exact) mass is 487 g/mol. The number of nitrogens with one attached hydrogen (secondary N) is 1. The lowest BCUT2D eigenvalue weighted by molar-refractivity contribution is -0.383. The van der Waals surface area contributed by atoms with Crippen molar-refractivity contribution in [1.29, 1.82) is 0 Å². The molecule has 1 N–H and O–H groups in total. The second-order valence-corrected chi connectivity index (χ2v) is 10.2. The Bertz CT molecular complexity index is 1080. The number of amides is 1. The second-order valence-electron chi connectivity index (χ2n) is 6.68. The van der Waals surface area contributed by atoms with Gasteiger partial charge in [0.25, 0.3) is 21.6 Å². The minimum atomic E-state index is -3.57. The number of nitro benzene ring substituents is 1. The molecule has 0 atom stereocenters. The normalized spacial score (nSPS) is 15.4. The Labute approximate surface area is 187 Å². The van der Waals surface area contributed by atoms with Crippen LogP contribution in [-0.4, -0.2) is 49.2 Å². The van der Waals surface area contributed by atoms with E-state index in [0.717, 1.165) is 17.4 Å². The summed E-state index contributed by atoms with van der Waals surface area (Å²) in [6, 6.07) is 6.89. The highest BCUT2D eigenvalue weighted by Gasteiger charge is 2.33. The van der Waals surface area contributed by atoms with Crippen LogP contribution in [0.25, 0.3) is 0 Å². The number of benzene rings is 1. The largest absolute Gasteiger partial charge is 0.455 e. The van der Waals surface area contributed by atoms with E-state index in [9.17, 15) is 28.1 Å². The van der Waals surface area contributed by atoms with E-state index >= 15 is 0 Å². The van der Waals surface area contributed by atoms with Gasteiger partial charge in [0, 0.05) is 24.2 Å². The average molecular weight is 488 g/mol. The smallest absolute Gasteiger partial charge is 0.309 e. The number of carbonyl (C=O) groups excluding carboxylic acids is 2.